The van der Waals surface area contributed by atoms with Crippen LogP contribution in [-0.4, -0.2) is 44.8 Å². The van der Waals surface area contributed by atoms with Gasteiger partial charge in [0.15, 0.2) is 15.5 Å². The summed E-state index contributed by atoms with van der Waals surface area (Å²) in [5.74, 6) is -0.121. The van der Waals surface area contributed by atoms with Crippen molar-refractivity contribution in [3.63, 3.8) is 0 Å². The zero-order valence-corrected chi connectivity index (χ0v) is 15.9. The fourth-order valence-corrected chi connectivity index (χ4v) is 6.47. The van der Waals surface area contributed by atoms with E-state index in [4.69, 9.17) is 0 Å². The Balaban J connectivity index is 1.50. The Morgan fingerprint density at radius 1 is 1.21 bits per heavy atom. The Labute approximate surface area is 163 Å². The number of phenolic OH excluding ortho intramolecular Hbond substituents is 1. The highest BCUT2D eigenvalue weighted by Gasteiger charge is 2.60. The van der Waals surface area contributed by atoms with Crippen molar-refractivity contribution in [1.29, 1.82) is 0 Å². The second-order valence-electron chi connectivity index (χ2n) is 7.65. The van der Waals surface area contributed by atoms with Crippen LogP contribution in [0.1, 0.15) is 17.2 Å². The van der Waals surface area contributed by atoms with Crippen molar-refractivity contribution in [2.24, 2.45) is 11.8 Å². The smallest absolute Gasteiger partial charge is 0.416 e. The minimum absolute atomic E-state index is 0.000757. The standard InChI is InChI=1S/C18H15F3N4O3S/c1-8-2-9(18(19,20)21)3-14(26)15(8)12-4-22-13-5-25(24-17(13)23-12)16-10-6-29(27,28)7-11(10)16/h2-5,10-11,16,26H,6-7H2,1H3. The molecule has 11 heteroatoms. The van der Waals surface area contributed by atoms with E-state index < -0.39 is 27.3 Å². The maximum absolute atomic E-state index is 12.9. The molecule has 2 aromatic heterocycles. The van der Waals surface area contributed by atoms with Gasteiger partial charge in [-0.1, -0.05) is 0 Å². The number of halogens is 3. The molecule has 7 nitrogen and oxygen atoms in total. The van der Waals surface area contributed by atoms with Crippen LogP contribution in [0.3, 0.4) is 0 Å². The molecule has 2 aliphatic rings. The number of nitrogens with zero attached hydrogens (tertiary/aromatic N) is 4. The molecular weight excluding hydrogens is 409 g/mol. The van der Waals surface area contributed by atoms with Gasteiger partial charge in [-0.05, 0) is 24.6 Å². The number of aryl methyl sites for hydroxylation is 1. The first kappa shape index (κ1) is 18.3. The lowest BCUT2D eigenvalue weighted by atomic mass is 10.0. The molecule has 152 valence electrons. The summed E-state index contributed by atoms with van der Waals surface area (Å²) in [6, 6.07) is 1.61. The molecule has 5 rings (SSSR count). The molecule has 0 bridgehead atoms. The number of benzene rings is 1. The molecule has 1 saturated heterocycles. The predicted octanol–water partition coefficient (Wildman–Crippen LogP) is 2.74. The lowest BCUT2D eigenvalue weighted by molar-refractivity contribution is -0.137. The van der Waals surface area contributed by atoms with Crippen LogP contribution in [0.15, 0.2) is 24.5 Å². The Morgan fingerprint density at radius 3 is 2.52 bits per heavy atom. The highest BCUT2D eigenvalue weighted by atomic mass is 32.2. The minimum atomic E-state index is -4.56. The first-order chi connectivity index (χ1) is 13.5. The molecule has 0 amide bonds. The van der Waals surface area contributed by atoms with E-state index in [0.29, 0.717) is 11.6 Å². The van der Waals surface area contributed by atoms with Gasteiger partial charge in [-0.3, -0.25) is 4.68 Å². The second-order valence-corrected chi connectivity index (χ2v) is 9.81. The van der Waals surface area contributed by atoms with Crippen LogP contribution >= 0.6 is 0 Å². The molecule has 0 spiro atoms. The lowest BCUT2D eigenvalue weighted by Gasteiger charge is -2.12. The number of hydrogen-bond acceptors (Lipinski definition) is 6. The molecule has 3 aromatic rings. The van der Waals surface area contributed by atoms with E-state index in [1.807, 2.05) is 0 Å². The zero-order valence-electron chi connectivity index (χ0n) is 15.1. The fraction of sp³-hybridized carbons (Fsp3) is 0.389. The molecule has 1 aliphatic carbocycles. The van der Waals surface area contributed by atoms with Crippen LogP contribution < -0.4 is 0 Å². The number of phenols is 1. The van der Waals surface area contributed by atoms with Crippen molar-refractivity contribution in [2.75, 3.05) is 11.5 Å². The topological polar surface area (TPSA) is 98.0 Å². The number of sulfone groups is 1. The van der Waals surface area contributed by atoms with Crippen LogP contribution in [0, 0.1) is 18.8 Å². The maximum Gasteiger partial charge on any atom is 0.416 e. The van der Waals surface area contributed by atoms with Gasteiger partial charge in [0.25, 0.3) is 0 Å². The molecule has 1 aromatic carbocycles. The quantitative estimate of drug-likeness (QED) is 0.679. The molecule has 1 N–H and O–H groups in total. The average molecular weight is 424 g/mol. The number of aromatic hydroxyl groups is 1. The molecule has 1 aliphatic heterocycles. The van der Waals surface area contributed by atoms with Gasteiger partial charge in [-0.25, -0.2) is 18.4 Å². The summed E-state index contributed by atoms with van der Waals surface area (Å²) in [5, 5.41) is 14.6. The first-order valence-electron chi connectivity index (χ1n) is 8.87. The van der Waals surface area contributed by atoms with Crippen molar-refractivity contribution >= 4 is 21.0 Å². The van der Waals surface area contributed by atoms with Crippen LogP contribution in [0.25, 0.3) is 22.4 Å². The summed E-state index contributed by atoms with van der Waals surface area (Å²) in [6.45, 7) is 1.46. The number of aromatic nitrogens is 4. The van der Waals surface area contributed by atoms with E-state index >= 15 is 0 Å². The van der Waals surface area contributed by atoms with Gasteiger partial charge in [-0.15, -0.1) is 0 Å². The Bertz CT molecular complexity index is 1230. The third kappa shape index (κ3) is 2.95. The summed E-state index contributed by atoms with van der Waals surface area (Å²) in [7, 11) is -2.96. The first-order valence-corrected chi connectivity index (χ1v) is 10.7. The van der Waals surface area contributed by atoms with Crippen LogP contribution in [-0.2, 0) is 16.0 Å². The normalized spacial score (nSPS) is 25.3. The van der Waals surface area contributed by atoms with Gasteiger partial charge in [0.1, 0.15) is 11.3 Å². The Morgan fingerprint density at radius 2 is 1.90 bits per heavy atom. The van der Waals surface area contributed by atoms with E-state index in [0.717, 1.165) is 6.07 Å². The van der Waals surface area contributed by atoms with Crippen molar-refractivity contribution in [2.45, 2.75) is 19.1 Å². The number of hydrogen-bond donors (Lipinski definition) is 1. The highest BCUT2D eigenvalue weighted by Crippen LogP contribution is 2.56. The highest BCUT2D eigenvalue weighted by molar-refractivity contribution is 7.91. The second kappa shape index (κ2) is 5.68. The third-order valence-corrected chi connectivity index (χ3v) is 7.41. The Hall–Kier alpha value is -2.69. The van der Waals surface area contributed by atoms with Gasteiger partial charge < -0.3 is 5.11 Å². The van der Waals surface area contributed by atoms with Gasteiger partial charge >= 0.3 is 6.18 Å². The average Bonchev–Trinajstić information content (AvgIpc) is 2.96. The zero-order chi connectivity index (χ0) is 20.7. The predicted molar refractivity (Wildman–Crippen MR) is 96.8 cm³/mol. The van der Waals surface area contributed by atoms with Gasteiger partial charge in [-0.2, -0.15) is 18.3 Å². The van der Waals surface area contributed by atoms with Crippen LogP contribution in [0.4, 0.5) is 13.2 Å². The molecule has 0 radical (unpaired) electrons. The fourth-order valence-electron chi connectivity index (χ4n) is 4.27. The monoisotopic (exact) mass is 424 g/mol. The molecule has 3 heterocycles. The van der Waals surface area contributed by atoms with Gasteiger partial charge in [0.05, 0.1) is 41.2 Å². The summed E-state index contributed by atoms with van der Waals surface area (Å²) < 4.78 is 63.7. The van der Waals surface area contributed by atoms with Crippen molar-refractivity contribution in [3.05, 3.63) is 35.7 Å². The minimum Gasteiger partial charge on any atom is -0.507 e. The van der Waals surface area contributed by atoms with E-state index in [1.54, 1.807) is 10.9 Å². The van der Waals surface area contributed by atoms with Gasteiger partial charge in [0.2, 0.25) is 0 Å². The third-order valence-electron chi connectivity index (χ3n) is 5.63. The molecule has 2 unspecified atom stereocenters. The largest absolute Gasteiger partial charge is 0.507 e. The van der Waals surface area contributed by atoms with Crippen LogP contribution in [0.2, 0.25) is 0 Å². The van der Waals surface area contributed by atoms with Gasteiger partial charge in [0, 0.05) is 17.4 Å². The van der Waals surface area contributed by atoms with Crippen LogP contribution in [0.5, 0.6) is 5.75 Å². The molecular formula is C18H15F3N4O3S. The van der Waals surface area contributed by atoms with E-state index in [9.17, 15) is 26.7 Å². The van der Waals surface area contributed by atoms with E-state index in [1.165, 1.54) is 13.1 Å². The van der Waals surface area contributed by atoms with Crippen molar-refractivity contribution in [1.82, 2.24) is 19.7 Å². The van der Waals surface area contributed by atoms with E-state index in [-0.39, 0.29) is 51.9 Å². The van der Waals surface area contributed by atoms with Crippen molar-refractivity contribution in [3.8, 4) is 17.0 Å². The number of rotatable bonds is 2. The summed E-state index contributed by atoms with van der Waals surface area (Å²) in [5.41, 5.74) is 0.429. The van der Waals surface area contributed by atoms with E-state index in [2.05, 4.69) is 15.1 Å². The maximum atomic E-state index is 12.9. The molecule has 29 heavy (non-hydrogen) atoms. The Kier molecular flexibility index (Phi) is 3.59. The lowest BCUT2D eigenvalue weighted by Crippen LogP contribution is -2.12. The summed E-state index contributed by atoms with van der Waals surface area (Å²) >= 11 is 0. The summed E-state index contributed by atoms with van der Waals surface area (Å²) in [6.07, 6.45) is -1.49. The number of fused-ring (bicyclic) bond motifs is 2. The molecule has 1 saturated carbocycles. The molecule has 2 fully saturated rings. The summed E-state index contributed by atoms with van der Waals surface area (Å²) in [4.78, 5) is 8.63. The number of alkyl halides is 3. The SMILES string of the molecule is Cc1cc(C(F)(F)F)cc(O)c1-c1cnc2cn(C3C4CS(=O)(=O)CC43)nc2n1. The molecule has 2 atom stereocenters. The van der Waals surface area contributed by atoms with Crippen molar-refractivity contribution < 1.29 is 26.7 Å².